The first-order valence-electron chi connectivity index (χ1n) is 24.5. The highest BCUT2D eigenvalue weighted by atomic mass is 35.5. The highest BCUT2D eigenvalue weighted by molar-refractivity contribution is 7.18. The van der Waals surface area contributed by atoms with Gasteiger partial charge in [0.15, 0.2) is 28.9 Å². The van der Waals surface area contributed by atoms with E-state index in [1.54, 1.807) is 33.8 Å². The van der Waals surface area contributed by atoms with Gasteiger partial charge in [-0.05, 0) is 70.1 Å². The number of hydrogen-bond acceptors (Lipinski definition) is 16. The molecule has 0 saturated heterocycles. The lowest BCUT2D eigenvalue weighted by atomic mass is 9.95. The number of ether oxygens (including phenoxy) is 2. The number of rotatable bonds is 29. The molecule has 398 valence electrons. The van der Waals surface area contributed by atoms with Crippen LogP contribution < -0.4 is 36.4 Å². The Hall–Kier alpha value is -5.67. The average molecular weight is 1050 g/mol. The molecule has 4 aromatic rings. The lowest BCUT2D eigenvalue weighted by Crippen LogP contribution is -2.52. The van der Waals surface area contributed by atoms with E-state index >= 15 is 0 Å². The number of nitrogens with zero attached hydrogens (tertiary/aromatic N) is 3. The molecular formula is C50H70ClN10O11P. The van der Waals surface area contributed by atoms with Gasteiger partial charge in [0.25, 0.3) is 11.6 Å². The number of hydrogen-bond donors (Lipinski definition) is 7. The fraction of sp³-hybridized carbons (Fsp3) is 0.540. The number of aromatic amines is 2. The van der Waals surface area contributed by atoms with E-state index in [2.05, 4.69) is 46.0 Å². The van der Waals surface area contributed by atoms with Gasteiger partial charge in [-0.25, -0.2) is 15.0 Å². The normalized spacial score (nSPS) is 15.1. The average Bonchev–Trinajstić information content (AvgIpc) is 4.06. The van der Waals surface area contributed by atoms with Crippen LogP contribution in [0.15, 0.2) is 30.3 Å². The molecule has 1 aliphatic rings. The number of ketones is 4. The number of amides is 2. The zero-order chi connectivity index (χ0) is 53.8. The summed E-state index contributed by atoms with van der Waals surface area (Å²) in [6, 6.07) is 4.86. The van der Waals surface area contributed by atoms with Crippen LogP contribution in [0.3, 0.4) is 0 Å². The number of halogens is 1. The lowest BCUT2D eigenvalue weighted by molar-refractivity contribution is -0.384. The van der Waals surface area contributed by atoms with Crippen LogP contribution in [0.4, 0.5) is 16.2 Å². The number of H-pyrrole nitrogens is 2. The van der Waals surface area contributed by atoms with E-state index in [4.69, 9.17) is 21.1 Å². The van der Waals surface area contributed by atoms with Gasteiger partial charge in [0, 0.05) is 91.0 Å². The van der Waals surface area contributed by atoms with E-state index in [0.717, 1.165) is 0 Å². The summed E-state index contributed by atoms with van der Waals surface area (Å²) in [4.78, 5) is 114. The number of anilines is 1. The second-order valence-corrected chi connectivity index (χ2v) is 19.9. The van der Waals surface area contributed by atoms with Gasteiger partial charge in [0.2, 0.25) is 0 Å². The van der Waals surface area contributed by atoms with Crippen molar-refractivity contribution >= 4 is 95.1 Å². The molecule has 21 nitrogen and oxygen atoms in total. The van der Waals surface area contributed by atoms with Crippen LogP contribution in [0.5, 0.6) is 5.75 Å². The molecule has 6 atom stereocenters. The van der Waals surface area contributed by atoms with E-state index in [-0.39, 0.29) is 109 Å². The van der Waals surface area contributed by atoms with Crippen LogP contribution in [0.25, 0.3) is 21.8 Å². The fourth-order valence-corrected chi connectivity index (χ4v) is 9.41. The monoisotopic (exact) mass is 1050 g/mol. The number of aryl methyl sites for hydroxylation is 1. The Morgan fingerprint density at radius 1 is 0.918 bits per heavy atom. The standard InChI is InChI=1S/C50H70ClN10O11P/c1-10-59(14-13-55-58-36(16-27(4)5)41(64)22-52-28(6)39(62)20-40(63)35(15-26(2)3)54-25-53-29(7)42(65)24-73)50(68)72-43-19-38-45(46-44(49(67)71-9)30(8)56-47(43)46)32(21-51)23-60(38)48(66)37-18-31-17-33(61(69)70)11-12-34(31)57-37/h11-12,17-19,26-29,32,35-36,52-58H,10,13-16,20-25,73H2,1-9H3/t28-,29-,32+,35-,36-/m0/s1. The lowest BCUT2D eigenvalue weighted by Gasteiger charge is -2.24. The maximum Gasteiger partial charge on any atom is 0.415 e. The van der Waals surface area contributed by atoms with Crippen molar-refractivity contribution in [2.75, 3.05) is 63.4 Å². The Balaban J connectivity index is 1.25. The summed E-state index contributed by atoms with van der Waals surface area (Å²) in [6.45, 7) is 15.4. The van der Waals surface area contributed by atoms with Gasteiger partial charge >= 0.3 is 12.1 Å². The fourth-order valence-electron chi connectivity index (χ4n) is 8.81. The smallest absolute Gasteiger partial charge is 0.415 e. The summed E-state index contributed by atoms with van der Waals surface area (Å²) < 4.78 is 11.3. The van der Waals surface area contributed by atoms with Gasteiger partial charge in [0.05, 0.1) is 65.9 Å². The van der Waals surface area contributed by atoms with E-state index in [1.807, 2.05) is 27.7 Å². The number of aromatic nitrogens is 2. The van der Waals surface area contributed by atoms with Gasteiger partial charge in [-0.2, -0.15) is 0 Å². The molecule has 0 aliphatic carbocycles. The number of nitrogens with one attached hydrogen (secondary N) is 7. The molecule has 1 unspecified atom stereocenters. The highest BCUT2D eigenvalue weighted by Crippen LogP contribution is 2.48. The van der Waals surface area contributed by atoms with Crippen LogP contribution in [0, 0.1) is 28.9 Å². The molecule has 7 N–H and O–H groups in total. The minimum Gasteiger partial charge on any atom is -0.465 e. The van der Waals surface area contributed by atoms with Crippen molar-refractivity contribution in [2.45, 2.75) is 105 Å². The Labute approximate surface area is 432 Å². The van der Waals surface area contributed by atoms with E-state index in [9.17, 15) is 43.7 Å². The number of alkyl halides is 1. The number of carbonyl (C=O) groups excluding carboxylic acids is 7. The molecule has 0 spiro atoms. The Kier molecular flexibility index (Phi) is 21.1. The van der Waals surface area contributed by atoms with Crippen molar-refractivity contribution in [3.8, 4) is 5.75 Å². The second kappa shape index (κ2) is 26.5. The molecule has 3 heterocycles. The third-order valence-corrected chi connectivity index (χ3v) is 13.7. The predicted octanol–water partition coefficient (Wildman–Crippen LogP) is 5.42. The summed E-state index contributed by atoms with van der Waals surface area (Å²) in [5.74, 6) is -2.03. The number of benzene rings is 2. The Morgan fingerprint density at radius 2 is 1.60 bits per heavy atom. The quantitative estimate of drug-likeness (QED) is 0.00522. The maximum atomic E-state index is 14.3. The van der Waals surface area contributed by atoms with Crippen molar-refractivity contribution in [1.82, 2.24) is 41.7 Å². The second-order valence-electron chi connectivity index (χ2n) is 19.2. The third kappa shape index (κ3) is 14.6. The van der Waals surface area contributed by atoms with Crippen LogP contribution in [0.2, 0.25) is 0 Å². The first-order chi connectivity index (χ1) is 34.6. The largest absolute Gasteiger partial charge is 0.465 e. The SMILES string of the molecule is CCN(CCNN[C@@H](CC(C)C)C(=O)CN[C@@H](C)C(=O)CC(=O)[C@H](CC(C)C)NCN[C@@H](C)C(=O)CP)C(=O)Oc1cc2c(c3c(C(=O)OC)c(C)[nH]c13)[C@H](CCl)CN2C(=O)c1cc2cc([N+](=O)[O-])ccc2[nH]1. The number of nitro benzene ring substituents is 1. The zero-order valence-electron chi connectivity index (χ0n) is 43.0. The molecule has 0 fully saturated rings. The molecule has 0 bridgehead atoms. The molecule has 2 amide bonds. The number of esters is 1. The third-order valence-electron chi connectivity index (χ3n) is 12.9. The molecule has 23 heteroatoms. The zero-order valence-corrected chi connectivity index (χ0v) is 44.9. The van der Waals surface area contributed by atoms with Gasteiger partial charge in [-0.3, -0.25) is 50.1 Å². The summed E-state index contributed by atoms with van der Waals surface area (Å²) in [5, 5.41) is 21.5. The molecule has 5 rings (SSSR count). The Morgan fingerprint density at radius 3 is 2.23 bits per heavy atom. The van der Waals surface area contributed by atoms with Crippen LogP contribution >= 0.6 is 20.8 Å². The molecule has 0 saturated carbocycles. The number of likely N-dealkylation sites (N-methyl/N-ethyl adjacent to an activating group) is 1. The predicted molar refractivity (Wildman–Crippen MR) is 283 cm³/mol. The van der Waals surface area contributed by atoms with Crippen LogP contribution in [0.1, 0.15) is 106 Å². The molecule has 2 aromatic heterocycles. The molecule has 1 aliphatic heterocycles. The Bertz CT molecular complexity index is 2690. The number of hydrazine groups is 1. The molecule has 0 radical (unpaired) electrons. The topological polar surface area (TPSA) is 279 Å². The maximum absolute atomic E-state index is 14.3. The number of Topliss-reactive ketones (excluding diaryl/α,β-unsaturated/α-hetero) is 4. The summed E-state index contributed by atoms with van der Waals surface area (Å²) in [5.41, 5.74) is 8.54. The number of methoxy groups -OCH3 is 1. The molecule has 73 heavy (non-hydrogen) atoms. The molecular weight excluding hydrogens is 983 g/mol. The number of carbonyl (C=O) groups is 7. The first kappa shape index (κ1) is 58.2. The van der Waals surface area contributed by atoms with Gasteiger partial charge < -0.3 is 34.6 Å². The van der Waals surface area contributed by atoms with Gasteiger partial charge in [-0.15, -0.1) is 20.8 Å². The van der Waals surface area contributed by atoms with Crippen LogP contribution in [-0.2, 0) is 23.9 Å². The van der Waals surface area contributed by atoms with Crippen molar-refractivity contribution in [3.05, 3.63) is 63.0 Å². The van der Waals surface area contributed by atoms with Crippen molar-refractivity contribution in [3.63, 3.8) is 0 Å². The van der Waals surface area contributed by atoms with Crippen molar-refractivity contribution < 1.29 is 48.0 Å². The van der Waals surface area contributed by atoms with E-state index < -0.39 is 53.0 Å². The summed E-state index contributed by atoms with van der Waals surface area (Å²) >= 11 is 6.55. The minimum absolute atomic E-state index is 0.0175. The van der Waals surface area contributed by atoms with Crippen molar-refractivity contribution in [1.29, 1.82) is 0 Å². The number of nitro groups is 1. The van der Waals surface area contributed by atoms with E-state index in [1.165, 1.54) is 41.2 Å². The first-order valence-corrected chi connectivity index (χ1v) is 25.9. The summed E-state index contributed by atoms with van der Waals surface area (Å²) in [6.07, 6.45) is 0.201. The molecule has 2 aromatic carbocycles. The number of non-ortho nitro benzene ring substituents is 1. The van der Waals surface area contributed by atoms with Gasteiger partial charge in [-0.1, -0.05) is 27.7 Å². The van der Waals surface area contributed by atoms with Crippen LogP contribution in [-0.4, -0.2) is 144 Å². The minimum atomic E-state index is -0.783. The number of fused-ring (bicyclic) bond motifs is 4. The van der Waals surface area contributed by atoms with E-state index in [0.29, 0.717) is 57.8 Å². The summed E-state index contributed by atoms with van der Waals surface area (Å²) in [7, 11) is 3.65. The highest BCUT2D eigenvalue weighted by Gasteiger charge is 2.39. The van der Waals surface area contributed by atoms with Crippen molar-refractivity contribution in [2.24, 2.45) is 11.8 Å². The van der Waals surface area contributed by atoms with Gasteiger partial charge in [0.1, 0.15) is 5.69 Å².